The van der Waals surface area contributed by atoms with Gasteiger partial charge in [0.25, 0.3) is 5.95 Å². The number of aromatic hydroxyl groups is 2. The third-order valence-electron chi connectivity index (χ3n) is 3.78. The van der Waals surface area contributed by atoms with E-state index in [9.17, 15) is 19.8 Å². The van der Waals surface area contributed by atoms with Crippen LogP contribution in [-0.2, 0) is 0 Å². The van der Waals surface area contributed by atoms with Gasteiger partial charge in [0.1, 0.15) is 29.2 Å². The molecule has 0 saturated heterocycles. The normalized spacial score (nSPS) is 11.4. The van der Waals surface area contributed by atoms with Gasteiger partial charge in [0, 0.05) is 11.4 Å². The molecule has 0 bridgehead atoms. The lowest BCUT2D eigenvalue weighted by Gasteiger charge is -2.10. The molecule has 2 aromatic rings. The van der Waals surface area contributed by atoms with E-state index >= 15 is 0 Å². The van der Waals surface area contributed by atoms with Crippen molar-refractivity contribution in [2.24, 2.45) is 4.99 Å². The highest BCUT2D eigenvalue weighted by Gasteiger charge is 2.25. The van der Waals surface area contributed by atoms with Crippen LogP contribution in [0, 0.1) is 0 Å². The third kappa shape index (κ3) is 4.89. The summed E-state index contributed by atoms with van der Waals surface area (Å²) in [6, 6.07) is 6.83. The van der Waals surface area contributed by atoms with Crippen LogP contribution >= 0.6 is 11.6 Å². The Kier molecular flexibility index (Phi) is 7.01. The van der Waals surface area contributed by atoms with Crippen molar-refractivity contribution in [2.75, 3.05) is 13.2 Å². The van der Waals surface area contributed by atoms with E-state index in [1.54, 1.807) is 38.1 Å². The summed E-state index contributed by atoms with van der Waals surface area (Å²) >= 11 is 5.81. The van der Waals surface area contributed by atoms with E-state index in [0.717, 1.165) is 0 Å². The van der Waals surface area contributed by atoms with Crippen molar-refractivity contribution in [1.29, 1.82) is 0 Å². The molecule has 144 valence electrons. The van der Waals surface area contributed by atoms with Crippen molar-refractivity contribution in [3.05, 3.63) is 50.8 Å². The van der Waals surface area contributed by atoms with Crippen LogP contribution in [0.25, 0.3) is 0 Å². The highest BCUT2D eigenvalue weighted by atomic mass is 35.5. The molecule has 0 aliphatic carbocycles. The highest BCUT2D eigenvalue weighted by molar-refractivity contribution is 6.30. The third-order valence-corrected chi connectivity index (χ3v) is 4.03. The van der Waals surface area contributed by atoms with Crippen molar-refractivity contribution < 1.29 is 24.2 Å². The van der Waals surface area contributed by atoms with Gasteiger partial charge in [-0.05, 0) is 30.7 Å². The van der Waals surface area contributed by atoms with Crippen LogP contribution in [0.4, 0.5) is 0 Å². The predicted octanol–water partition coefficient (Wildman–Crippen LogP) is 3.58. The van der Waals surface area contributed by atoms with Gasteiger partial charge in [-0.2, -0.15) is 0 Å². The van der Waals surface area contributed by atoms with E-state index in [1.807, 2.05) is 0 Å². The number of hydrogen-bond acceptors (Lipinski definition) is 7. The van der Waals surface area contributed by atoms with Gasteiger partial charge >= 0.3 is 5.63 Å². The molecule has 0 atom stereocenters. The maximum atomic E-state index is 12.1. The minimum atomic E-state index is -0.961. The molecule has 0 fully saturated rings. The molecule has 0 aliphatic rings. The average Bonchev–Trinajstić information content (AvgIpc) is 2.64. The molecule has 0 saturated carbocycles. The summed E-state index contributed by atoms with van der Waals surface area (Å²) in [5.74, 6) is -1.43. The van der Waals surface area contributed by atoms with Crippen molar-refractivity contribution in [3.63, 3.8) is 0 Å². The van der Waals surface area contributed by atoms with E-state index in [2.05, 4.69) is 4.99 Å². The molecule has 2 rings (SSSR count). The predicted molar refractivity (Wildman–Crippen MR) is 102 cm³/mol. The van der Waals surface area contributed by atoms with E-state index in [1.165, 1.54) is 0 Å². The molecule has 0 aliphatic heterocycles. The lowest BCUT2D eigenvalue weighted by molar-refractivity contribution is 0.0976. The second-order valence-electron chi connectivity index (χ2n) is 5.55. The van der Waals surface area contributed by atoms with Gasteiger partial charge in [0.2, 0.25) is 0 Å². The summed E-state index contributed by atoms with van der Waals surface area (Å²) in [6.45, 7) is 3.75. The van der Waals surface area contributed by atoms with Crippen molar-refractivity contribution >= 4 is 23.1 Å². The van der Waals surface area contributed by atoms with Gasteiger partial charge in [0.05, 0.1) is 12.3 Å². The van der Waals surface area contributed by atoms with E-state index in [0.29, 0.717) is 17.2 Å². The van der Waals surface area contributed by atoms with E-state index in [4.69, 9.17) is 20.8 Å². The Morgan fingerprint density at radius 2 is 1.81 bits per heavy atom. The summed E-state index contributed by atoms with van der Waals surface area (Å²) in [6.07, 6.45) is 0.339. The number of benzene rings is 1. The Morgan fingerprint density at radius 1 is 1.15 bits per heavy atom. The summed E-state index contributed by atoms with van der Waals surface area (Å²) in [5.41, 5.74) is -1.34. The molecule has 8 heteroatoms. The molecular formula is C19H20ClNO6. The lowest BCUT2D eigenvalue weighted by atomic mass is 10.0. The van der Waals surface area contributed by atoms with Crippen LogP contribution in [0.3, 0.4) is 0 Å². The summed E-state index contributed by atoms with van der Waals surface area (Å²) in [5, 5.41) is 20.6. The standard InChI is InChI=1S/C19H20ClNO6/c1-3-13(21-9-10-26-12-7-5-11(20)6-8-12)15-17(23)16(14(22)4-2)19(25)27-18(15)24/h5-8,23,25H,3-4,9-10H2,1-2H3. The molecule has 2 N–H and O–H groups in total. The Morgan fingerprint density at radius 3 is 2.41 bits per heavy atom. The molecule has 1 heterocycles. The minimum Gasteiger partial charge on any atom is -0.506 e. The van der Waals surface area contributed by atoms with Crippen LogP contribution in [0.1, 0.15) is 42.6 Å². The monoisotopic (exact) mass is 393 g/mol. The van der Waals surface area contributed by atoms with Crippen molar-refractivity contribution in [2.45, 2.75) is 26.7 Å². The average molecular weight is 394 g/mol. The van der Waals surface area contributed by atoms with Crippen LogP contribution in [-0.4, -0.2) is 34.9 Å². The van der Waals surface area contributed by atoms with E-state index < -0.39 is 28.7 Å². The van der Waals surface area contributed by atoms with Gasteiger partial charge < -0.3 is 19.4 Å². The molecule has 27 heavy (non-hydrogen) atoms. The van der Waals surface area contributed by atoms with Crippen LogP contribution in [0.2, 0.25) is 5.02 Å². The molecule has 0 unspecified atom stereocenters. The van der Waals surface area contributed by atoms with Gasteiger partial charge in [-0.1, -0.05) is 25.4 Å². The van der Waals surface area contributed by atoms with Gasteiger partial charge in [-0.3, -0.25) is 9.79 Å². The number of halogens is 1. The fraction of sp³-hybridized carbons (Fsp3) is 0.316. The smallest absolute Gasteiger partial charge is 0.351 e. The maximum Gasteiger partial charge on any atom is 0.351 e. The molecule has 1 aromatic carbocycles. The number of Topliss-reactive ketones (excluding diaryl/α,β-unsaturated/α-hetero) is 1. The molecule has 0 spiro atoms. The van der Waals surface area contributed by atoms with E-state index in [-0.39, 0.29) is 30.8 Å². The number of nitrogens with zero attached hydrogens (tertiary/aromatic N) is 1. The van der Waals surface area contributed by atoms with Crippen molar-refractivity contribution in [3.8, 4) is 17.4 Å². The van der Waals surface area contributed by atoms with Crippen LogP contribution < -0.4 is 10.4 Å². The number of ketones is 1. The summed E-state index contributed by atoms with van der Waals surface area (Å²) in [7, 11) is 0. The fourth-order valence-corrected chi connectivity index (χ4v) is 2.56. The Labute approximate surface area is 160 Å². The zero-order valence-electron chi connectivity index (χ0n) is 15.0. The second-order valence-corrected chi connectivity index (χ2v) is 5.99. The topological polar surface area (TPSA) is 109 Å². The van der Waals surface area contributed by atoms with Crippen molar-refractivity contribution in [1.82, 2.24) is 0 Å². The zero-order chi connectivity index (χ0) is 20.0. The molecule has 0 amide bonds. The Balaban J connectivity index is 2.23. The first-order chi connectivity index (χ1) is 12.9. The molecular weight excluding hydrogens is 374 g/mol. The molecule has 0 radical (unpaired) electrons. The number of rotatable bonds is 8. The van der Waals surface area contributed by atoms with Crippen LogP contribution in [0.5, 0.6) is 17.4 Å². The number of carbonyl (C=O) groups is 1. The summed E-state index contributed by atoms with van der Waals surface area (Å²) < 4.78 is 10.2. The zero-order valence-corrected chi connectivity index (χ0v) is 15.7. The number of hydrogen-bond donors (Lipinski definition) is 2. The largest absolute Gasteiger partial charge is 0.506 e. The van der Waals surface area contributed by atoms with Crippen LogP contribution in [0.15, 0.2) is 38.5 Å². The first-order valence-corrected chi connectivity index (χ1v) is 8.81. The minimum absolute atomic E-state index is 0.0296. The van der Waals surface area contributed by atoms with Gasteiger partial charge in [-0.15, -0.1) is 0 Å². The number of ether oxygens (including phenoxy) is 1. The highest BCUT2D eigenvalue weighted by Crippen LogP contribution is 2.30. The Hall–Kier alpha value is -2.80. The maximum absolute atomic E-state index is 12.1. The SMILES string of the molecule is CCC(=O)c1c(O)oc(=O)c(C(CC)=NCCOc2ccc(Cl)cc2)c1O. The molecule has 1 aromatic heterocycles. The Bertz CT molecular complexity index is 902. The number of aliphatic imine (C=N–C) groups is 1. The second kappa shape index (κ2) is 9.23. The first kappa shape index (κ1) is 20.5. The van der Waals surface area contributed by atoms with Gasteiger partial charge in [0.15, 0.2) is 5.78 Å². The quantitative estimate of drug-likeness (QED) is 0.403. The molecule has 7 nitrogen and oxygen atoms in total. The lowest BCUT2D eigenvalue weighted by Crippen LogP contribution is -2.18. The summed E-state index contributed by atoms with van der Waals surface area (Å²) in [4.78, 5) is 28.3. The first-order valence-electron chi connectivity index (χ1n) is 8.43. The van der Waals surface area contributed by atoms with Gasteiger partial charge in [-0.25, -0.2) is 4.79 Å². The number of carbonyl (C=O) groups excluding carboxylic acids is 1. The fourth-order valence-electron chi connectivity index (χ4n) is 2.44.